The molecule has 0 saturated carbocycles. The number of aromatic nitrogens is 2. The van der Waals surface area contributed by atoms with Crippen LogP contribution >= 0.6 is 31.9 Å². The van der Waals surface area contributed by atoms with Crippen molar-refractivity contribution in [2.75, 3.05) is 0 Å². The number of rotatable bonds is 1. The van der Waals surface area contributed by atoms with Crippen molar-refractivity contribution in [1.82, 2.24) is 9.78 Å². The van der Waals surface area contributed by atoms with Crippen LogP contribution in [0.25, 0.3) is 6.20 Å². The largest absolute Gasteiger partial charge is 0.233 e. The average molecular weight is 252 g/mol. The van der Waals surface area contributed by atoms with Crippen LogP contribution in [0.3, 0.4) is 0 Å². The Morgan fingerprint density at radius 1 is 1.67 bits per heavy atom. The van der Waals surface area contributed by atoms with Gasteiger partial charge in [-0.05, 0) is 31.9 Å². The second kappa shape index (κ2) is 2.66. The lowest BCUT2D eigenvalue weighted by atomic mass is 10.7. The van der Waals surface area contributed by atoms with Gasteiger partial charge in [-0.1, -0.05) is 6.58 Å². The minimum atomic E-state index is 0.800. The molecule has 0 saturated heterocycles. The fourth-order valence-corrected chi connectivity index (χ4v) is 1.61. The summed E-state index contributed by atoms with van der Waals surface area (Å²) >= 11 is 6.49. The molecule has 0 amide bonds. The highest BCUT2D eigenvalue weighted by atomic mass is 79.9. The molecule has 0 aliphatic heterocycles. The maximum atomic E-state index is 4.00. The third-order valence-electron chi connectivity index (χ3n) is 0.833. The van der Waals surface area contributed by atoms with Gasteiger partial charge in [-0.25, -0.2) is 4.68 Å². The molecule has 48 valence electrons. The predicted octanol–water partition coefficient (Wildman–Crippen LogP) is 2.51. The van der Waals surface area contributed by atoms with Gasteiger partial charge in [0.05, 0.1) is 0 Å². The van der Waals surface area contributed by atoms with E-state index in [0.717, 1.165) is 9.21 Å². The highest BCUT2D eigenvalue weighted by Gasteiger charge is 1.97. The lowest BCUT2D eigenvalue weighted by Crippen LogP contribution is -1.85. The molecule has 1 rings (SSSR count). The van der Waals surface area contributed by atoms with Gasteiger partial charge >= 0.3 is 0 Å². The van der Waals surface area contributed by atoms with Crippen molar-refractivity contribution >= 4 is 38.1 Å². The van der Waals surface area contributed by atoms with Crippen LogP contribution in [-0.4, -0.2) is 9.78 Å². The average Bonchev–Trinajstić information content (AvgIpc) is 2.10. The van der Waals surface area contributed by atoms with Gasteiger partial charge < -0.3 is 0 Å². The Bertz CT molecular complexity index is 229. The predicted molar refractivity (Wildman–Crippen MR) is 44.0 cm³/mol. The molecule has 0 aliphatic carbocycles. The van der Waals surface area contributed by atoms with E-state index in [1.54, 1.807) is 10.9 Å². The van der Waals surface area contributed by atoms with Crippen molar-refractivity contribution < 1.29 is 0 Å². The Morgan fingerprint density at radius 2 is 2.33 bits per heavy atom. The van der Waals surface area contributed by atoms with E-state index >= 15 is 0 Å². The molecule has 0 fully saturated rings. The summed E-state index contributed by atoms with van der Waals surface area (Å²) in [5.41, 5.74) is 0. The number of hydrogen-bond acceptors (Lipinski definition) is 1. The van der Waals surface area contributed by atoms with Gasteiger partial charge in [0.15, 0.2) is 0 Å². The first-order valence-electron chi connectivity index (χ1n) is 2.27. The van der Waals surface area contributed by atoms with Gasteiger partial charge in [-0.3, -0.25) is 0 Å². The molecular formula is C5H4Br2N2. The third kappa shape index (κ3) is 1.43. The van der Waals surface area contributed by atoms with E-state index in [1.807, 2.05) is 6.07 Å². The molecule has 1 aromatic heterocycles. The Morgan fingerprint density at radius 3 is 2.56 bits per heavy atom. The molecule has 0 spiro atoms. The van der Waals surface area contributed by atoms with Crippen LogP contribution in [0, 0.1) is 0 Å². The third-order valence-corrected chi connectivity index (χ3v) is 1.81. The van der Waals surface area contributed by atoms with Crippen molar-refractivity contribution in [3.63, 3.8) is 0 Å². The van der Waals surface area contributed by atoms with E-state index in [9.17, 15) is 0 Å². The fourth-order valence-electron chi connectivity index (χ4n) is 0.472. The van der Waals surface area contributed by atoms with Crippen molar-refractivity contribution in [2.45, 2.75) is 0 Å². The van der Waals surface area contributed by atoms with Crippen LogP contribution in [0.5, 0.6) is 0 Å². The van der Waals surface area contributed by atoms with E-state index in [-0.39, 0.29) is 0 Å². The summed E-state index contributed by atoms with van der Waals surface area (Å²) < 4.78 is 3.32. The topological polar surface area (TPSA) is 17.8 Å². The quantitative estimate of drug-likeness (QED) is 0.750. The first kappa shape index (κ1) is 7.02. The fraction of sp³-hybridized carbons (Fsp3) is 0. The summed E-state index contributed by atoms with van der Waals surface area (Å²) in [6.45, 7) is 3.55. The molecule has 0 atom stereocenters. The molecule has 4 heteroatoms. The zero-order chi connectivity index (χ0) is 6.85. The molecule has 1 heterocycles. The standard InChI is InChI=1S/C5H4Br2N2/c1-2-9-5(7)3-4(6)8-9/h2-3H,1H2. The normalized spacial score (nSPS) is 9.56. The van der Waals surface area contributed by atoms with E-state index < -0.39 is 0 Å². The molecule has 0 aliphatic rings. The molecule has 0 bridgehead atoms. The second-order valence-corrected chi connectivity index (χ2v) is 3.04. The van der Waals surface area contributed by atoms with Gasteiger partial charge in [0, 0.05) is 12.3 Å². The first-order chi connectivity index (χ1) is 4.24. The van der Waals surface area contributed by atoms with Crippen LogP contribution in [0.1, 0.15) is 0 Å². The van der Waals surface area contributed by atoms with Gasteiger partial charge in [-0.15, -0.1) is 0 Å². The Kier molecular flexibility index (Phi) is 2.08. The van der Waals surface area contributed by atoms with E-state index in [4.69, 9.17) is 0 Å². The lowest BCUT2D eigenvalue weighted by molar-refractivity contribution is 0.905. The van der Waals surface area contributed by atoms with Gasteiger partial charge in [-0.2, -0.15) is 5.10 Å². The van der Waals surface area contributed by atoms with Crippen molar-refractivity contribution in [2.24, 2.45) is 0 Å². The van der Waals surface area contributed by atoms with Crippen molar-refractivity contribution in [3.05, 3.63) is 21.9 Å². The van der Waals surface area contributed by atoms with Gasteiger partial charge in [0.2, 0.25) is 0 Å². The zero-order valence-electron chi connectivity index (χ0n) is 4.51. The molecule has 0 N–H and O–H groups in total. The number of nitrogens with zero attached hydrogens (tertiary/aromatic N) is 2. The Labute approximate surface area is 69.8 Å². The smallest absolute Gasteiger partial charge is 0.129 e. The molecule has 9 heavy (non-hydrogen) atoms. The summed E-state index contributed by atoms with van der Waals surface area (Å²) in [6, 6.07) is 1.85. The highest BCUT2D eigenvalue weighted by Crippen LogP contribution is 2.15. The van der Waals surface area contributed by atoms with Gasteiger partial charge in [0.1, 0.15) is 9.21 Å². The SMILES string of the molecule is C=Cn1nc(Br)cc1Br. The lowest BCUT2D eigenvalue weighted by Gasteiger charge is -1.87. The monoisotopic (exact) mass is 250 g/mol. The number of halogens is 2. The van der Waals surface area contributed by atoms with Crippen LogP contribution in [-0.2, 0) is 0 Å². The summed E-state index contributed by atoms with van der Waals surface area (Å²) in [5.74, 6) is 0. The highest BCUT2D eigenvalue weighted by molar-refractivity contribution is 9.11. The Balaban J connectivity index is 3.15. The maximum absolute atomic E-state index is 4.00. The van der Waals surface area contributed by atoms with Crippen LogP contribution in [0.15, 0.2) is 21.9 Å². The second-order valence-electron chi connectivity index (χ2n) is 1.42. The molecule has 1 aromatic rings. The number of hydrogen-bond donors (Lipinski definition) is 0. The van der Waals surface area contributed by atoms with E-state index in [1.165, 1.54) is 0 Å². The van der Waals surface area contributed by atoms with Crippen LogP contribution < -0.4 is 0 Å². The summed E-state index contributed by atoms with van der Waals surface area (Å²) in [4.78, 5) is 0. The van der Waals surface area contributed by atoms with Crippen molar-refractivity contribution in [1.29, 1.82) is 0 Å². The summed E-state index contributed by atoms with van der Waals surface area (Å²) in [5, 5.41) is 4.00. The van der Waals surface area contributed by atoms with E-state index in [0.29, 0.717) is 0 Å². The molecule has 0 aromatic carbocycles. The molecule has 0 unspecified atom stereocenters. The minimum Gasteiger partial charge on any atom is -0.233 e. The van der Waals surface area contributed by atoms with Crippen LogP contribution in [0.2, 0.25) is 0 Å². The molecule has 2 nitrogen and oxygen atoms in total. The zero-order valence-corrected chi connectivity index (χ0v) is 7.68. The molecular weight excluding hydrogens is 248 g/mol. The van der Waals surface area contributed by atoms with E-state index in [2.05, 4.69) is 43.5 Å². The van der Waals surface area contributed by atoms with Crippen LogP contribution in [0.4, 0.5) is 0 Å². The van der Waals surface area contributed by atoms with Gasteiger partial charge in [0.25, 0.3) is 0 Å². The maximum Gasteiger partial charge on any atom is 0.129 e. The van der Waals surface area contributed by atoms with Crippen molar-refractivity contribution in [3.8, 4) is 0 Å². The minimum absolute atomic E-state index is 0.800. The molecule has 0 radical (unpaired) electrons. The summed E-state index contributed by atoms with van der Waals surface area (Å²) in [6.07, 6.45) is 1.62. The summed E-state index contributed by atoms with van der Waals surface area (Å²) in [7, 11) is 0. The first-order valence-corrected chi connectivity index (χ1v) is 3.85. The Hall–Kier alpha value is -0.0900.